The van der Waals surface area contributed by atoms with Crippen molar-refractivity contribution in [1.82, 2.24) is 0 Å². The maximum atomic E-state index is 13.6. The number of rotatable bonds is 4. The highest BCUT2D eigenvalue weighted by molar-refractivity contribution is 7.80. The van der Waals surface area contributed by atoms with E-state index >= 15 is 0 Å². The predicted molar refractivity (Wildman–Crippen MR) is 83.1 cm³/mol. The summed E-state index contributed by atoms with van der Waals surface area (Å²) in [6.07, 6.45) is 0. The molecule has 0 unspecified atom stereocenters. The number of halogens is 3. The summed E-state index contributed by atoms with van der Waals surface area (Å²) in [7, 11) is 0. The Kier molecular flexibility index (Phi) is 4.81. The first-order valence-corrected chi connectivity index (χ1v) is 6.80. The summed E-state index contributed by atoms with van der Waals surface area (Å²) in [5.41, 5.74) is 6.49. The number of benzene rings is 2. The maximum absolute atomic E-state index is 13.6. The predicted octanol–water partition coefficient (Wildman–Crippen LogP) is 4.35. The van der Waals surface area contributed by atoms with Crippen LogP contribution in [0.15, 0.2) is 36.4 Å². The van der Waals surface area contributed by atoms with Gasteiger partial charge in [-0.25, -0.2) is 4.39 Å². The van der Waals surface area contributed by atoms with E-state index in [0.29, 0.717) is 26.9 Å². The highest BCUT2D eigenvalue weighted by atomic mass is 35.5. The molecule has 6 heteroatoms. The molecule has 2 aromatic rings. The molecule has 0 atom stereocenters. The van der Waals surface area contributed by atoms with Gasteiger partial charge in [0.25, 0.3) is 0 Å². The number of nitrogens with two attached hydrogens (primary N) is 1. The van der Waals surface area contributed by atoms with Gasteiger partial charge in [0.15, 0.2) is 0 Å². The van der Waals surface area contributed by atoms with E-state index in [4.69, 9.17) is 45.9 Å². The van der Waals surface area contributed by atoms with Crippen LogP contribution in [-0.4, -0.2) is 4.99 Å². The van der Waals surface area contributed by atoms with Gasteiger partial charge in [-0.3, -0.25) is 0 Å². The Hall–Kier alpha value is -1.36. The van der Waals surface area contributed by atoms with Crippen LogP contribution in [-0.2, 0) is 6.61 Å². The first-order valence-electron chi connectivity index (χ1n) is 5.63. The van der Waals surface area contributed by atoms with Crippen molar-refractivity contribution in [3.63, 3.8) is 0 Å². The molecule has 2 nitrogen and oxygen atoms in total. The van der Waals surface area contributed by atoms with Crippen LogP contribution in [0, 0.1) is 5.82 Å². The van der Waals surface area contributed by atoms with E-state index in [1.165, 1.54) is 18.2 Å². The van der Waals surface area contributed by atoms with Crippen LogP contribution >= 0.6 is 35.4 Å². The van der Waals surface area contributed by atoms with Crippen molar-refractivity contribution in [2.75, 3.05) is 0 Å². The third kappa shape index (κ3) is 3.60. The SMILES string of the molecule is NC(=S)c1ccc(Cl)cc1OCc1cc(Cl)ccc1F. The van der Waals surface area contributed by atoms with Gasteiger partial charge in [0.1, 0.15) is 23.2 Å². The molecular weight excluding hydrogens is 320 g/mol. The lowest BCUT2D eigenvalue weighted by Gasteiger charge is -2.12. The van der Waals surface area contributed by atoms with Gasteiger partial charge < -0.3 is 10.5 Å². The fourth-order valence-electron chi connectivity index (χ4n) is 1.63. The molecule has 2 rings (SSSR count). The molecule has 0 saturated heterocycles. The fourth-order valence-corrected chi connectivity index (χ4v) is 2.15. The molecule has 0 aliphatic heterocycles. The van der Waals surface area contributed by atoms with Crippen molar-refractivity contribution in [2.45, 2.75) is 6.61 Å². The Morgan fingerprint density at radius 2 is 1.80 bits per heavy atom. The van der Waals surface area contributed by atoms with Crippen LogP contribution in [0.5, 0.6) is 5.75 Å². The lowest BCUT2D eigenvalue weighted by molar-refractivity contribution is 0.299. The molecule has 104 valence electrons. The van der Waals surface area contributed by atoms with E-state index in [-0.39, 0.29) is 11.6 Å². The third-order valence-corrected chi connectivity index (χ3v) is 3.29. The summed E-state index contributed by atoms with van der Waals surface area (Å²) >= 11 is 16.7. The first-order chi connectivity index (χ1) is 9.47. The summed E-state index contributed by atoms with van der Waals surface area (Å²) < 4.78 is 19.1. The maximum Gasteiger partial charge on any atom is 0.131 e. The van der Waals surface area contributed by atoms with Crippen molar-refractivity contribution in [2.24, 2.45) is 5.73 Å². The molecule has 0 heterocycles. The molecule has 2 N–H and O–H groups in total. The zero-order valence-corrected chi connectivity index (χ0v) is 12.5. The third-order valence-electron chi connectivity index (χ3n) is 2.60. The average Bonchev–Trinajstić information content (AvgIpc) is 2.39. The van der Waals surface area contributed by atoms with Crippen LogP contribution < -0.4 is 10.5 Å². The highest BCUT2D eigenvalue weighted by Crippen LogP contribution is 2.25. The molecule has 0 radical (unpaired) electrons. The minimum atomic E-state index is -0.395. The summed E-state index contributed by atoms with van der Waals surface area (Å²) in [4.78, 5) is 0.184. The van der Waals surface area contributed by atoms with Gasteiger partial charge in [-0.2, -0.15) is 0 Å². The van der Waals surface area contributed by atoms with Crippen LogP contribution in [0.3, 0.4) is 0 Å². The minimum absolute atomic E-state index is 0.00233. The Morgan fingerprint density at radius 1 is 1.15 bits per heavy atom. The van der Waals surface area contributed by atoms with Gasteiger partial charge in [-0.05, 0) is 36.4 Å². The van der Waals surface area contributed by atoms with Crippen molar-refractivity contribution in [1.29, 1.82) is 0 Å². The highest BCUT2D eigenvalue weighted by Gasteiger charge is 2.09. The van der Waals surface area contributed by atoms with Gasteiger partial charge in [0.05, 0.1) is 5.56 Å². The number of hydrogen-bond acceptors (Lipinski definition) is 2. The molecular formula is C14H10Cl2FNOS. The summed E-state index contributed by atoms with van der Waals surface area (Å²) in [6, 6.07) is 9.16. The molecule has 0 saturated carbocycles. The second-order valence-corrected chi connectivity index (χ2v) is 5.34. The summed E-state index contributed by atoms with van der Waals surface area (Å²) in [6.45, 7) is 0.00233. The van der Waals surface area contributed by atoms with E-state index in [2.05, 4.69) is 0 Å². The van der Waals surface area contributed by atoms with Crippen molar-refractivity contribution in [3.05, 3.63) is 63.4 Å². The van der Waals surface area contributed by atoms with Crippen LogP contribution in [0.2, 0.25) is 10.0 Å². The van der Waals surface area contributed by atoms with Gasteiger partial charge >= 0.3 is 0 Å². The van der Waals surface area contributed by atoms with Crippen LogP contribution in [0.4, 0.5) is 4.39 Å². The molecule has 0 aromatic heterocycles. The quantitative estimate of drug-likeness (QED) is 0.847. The first kappa shape index (κ1) is 15.0. The second-order valence-electron chi connectivity index (χ2n) is 4.03. The van der Waals surface area contributed by atoms with Crippen molar-refractivity contribution in [3.8, 4) is 5.75 Å². The number of hydrogen-bond donors (Lipinski definition) is 1. The monoisotopic (exact) mass is 329 g/mol. The molecule has 0 aliphatic carbocycles. The molecule has 2 aromatic carbocycles. The average molecular weight is 330 g/mol. The largest absolute Gasteiger partial charge is 0.488 e. The van der Waals surface area contributed by atoms with E-state index < -0.39 is 5.82 Å². The minimum Gasteiger partial charge on any atom is -0.488 e. The zero-order chi connectivity index (χ0) is 14.7. The van der Waals surface area contributed by atoms with E-state index in [9.17, 15) is 4.39 Å². The summed E-state index contributed by atoms with van der Waals surface area (Å²) in [5.74, 6) is 0.0117. The van der Waals surface area contributed by atoms with E-state index in [1.807, 2.05) is 0 Å². The normalized spacial score (nSPS) is 10.3. The van der Waals surface area contributed by atoms with Crippen molar-refractivity contribution < 1.29 is 9.13 Å². The number of thiocarbonyl (C=S) groups is 1. The van der Waals surface area contributed by atoms with Crippen LogP contribution in [0.25, 0.3) is 0 Å². The number of ether oxygens (including phenoxy) is 1. The molecule has 0 bridgehead atoms. The molecule has 0 aliphatic rings. The lowest BCUT2D eigenvalue weighted by atomic mass is 10.2. The smallest absolute Gasteiger partial charge is 0.131 e. The molecule has 0 amide bonds. The Morgan fingerprint density at radius 3 is 2.50 bits per heavy atom. The topological polar surface area (TPSA) is 35.2 Å². The molecule has 0 spiro atoms. The van der Waals surface area contributed by atoms with Crippen LogP contribution in [0.1, 0.15) is 11.1 Å². The zero-order valence-electron chi connectivity index (χ0n) is 10.2. The van der Waals surface area contributed by atoms with Gasteiger partial charge in [0.2, 0.25) is 0 Å². The van der Waals surface area contributed by atoms with Gasteiger partial charge in [0, 0.05) is 15.6 Å². The molecule has 0 fully saturated rings. The molecule has 20 heavy (non-hydrogen) atoms. The van der Waals surface area contributed by atoms with E-state index in [0.717, 1.165) is 0 Å². The standard InChI is InChI=1S/C14H10Cl2FNOS/c15-9-2-4-12(17)8(5-9)7-19-13-6-10(16)1-3-11(13)14(18)20/h1-6H,7H2,(H2,18,20). The van der Waals surface area contributed by atoms with Gasteiger partial charge in [-0.15, -0.1) is 0 Å². The Bertz CT molecular complexity index is 664. The lowest BCUT2D eigenvalue weighted by Crippen LogP contribution is -2.12. The Balaban J connectivity index is 2.24. The Labute approximate surface area is 131 Å². The van der Waals surface area contributed by atoms with Crippen molar-refractivity contribution >= 4 is 40.4 Å². The van der Waals surface area contributed by atoms with Gasteiger partial charge in [-0.1, -0.05) is 35.4 Å². The van der Waals surface area contributed by atoms with E-state index in [1.54, 1.807) is 18.2 Å². The summed E-state index contributed by atoms with van der Waals surface area (Å²) in [5, 5.41) is 0.914. The second kappa shape index (κ2) is 6.39. The fraction of sp³-hybridized carbons (Fsp3) is 0.0714.